The number of benzene rings is 3. The monoisotopic (exact) mass is 564 g/mol. The lowest BCUT2D eigenvalue weighted by atomic mass is 9.64. The van der Waals surface area contributed by atoms with Gasteiger partial charge >= 0.3 is 11.9 Å². The second-order valence-corrected chi connectivity index (χ2v) is 11.4. The Kier molecular flexibility index (Phi) is 7.80. The van der Waals surface area contributed by atoms with Crippen molar-refractivity contribution in [3.8, 4) is 23.0 Å². The summed E-state index contributed by atoms with van der Waals surface area (Å²) in [6.07, 6.45) is 1.90. The van der Waals surface area contributed by atoms with Crippen molar-refractivity contribution in [2.24, 2.45) is 5.92 Å². The van der Waals surface area contributed by atoms with Gasteiger partial charge in [0.1, 0.15) is 23.7 Å². The topological polar surface area (TPSA) is 91.3 Å². The molecule has 0 spiro atoms. The Bertz CT molecular complexity index is 1440. The maximum absolute atomic E-state index is 13.7. The fourth-order valence-electron chi connectivity index (χ4n) is 5.46. The fraction of sp³-hybridized carbons (Fsp3) is 0.375. The number of halogens is 1. The Hall–Kier alpha value is -3.55. The Morgan fingerprint density at radius 3 is 2.48 bits per heavy atom. The summed E-state index contributed by atoms with van der Waals surface area (Å²) in [6, 6.07) is 14.2. The van der Waals surface area contributed by atoms with Crippen LogP contribution >= 0.6 is 11.6 Å². The molecule has 210 valence electrons. The van der Waals surface area contributed by atoms with Gasteiger partial charge in [0, 0.05) is 16.1 Å². The number of carbonyl (C=O) groups excluding carboxylic acids is 2. The largest absolute Gasteiger partial charge is 0.495 e. The smallest absolute Gasteiger partial charge is 0.346 e. The average Bonchev–Trinajstić information content (AvgIpc) is 2.87. The van der Waals surface area contributed by atoms with Crippen molar-refractivity contribution in [3.05, 3.63) is 81.4 Å². The summed E-state index contributed by atoms with van der Waals surface area (Å²) in [5.74, 6) is 0.127. The molecule has 1 aliphatic carbocycles. The van der Waals surface area contributed by atoms with Gasteiger partial charge in [0.05, 0.1) is 18.6 Å². The number of hydrogen-bond acceptors (Lipinski definition) is 7. The maximum Gasteiger partial charge on any atom is 0.346 e. The molecule has 1 heterocycles. The summed E-state index contributed by atoms with van der Waals surface area (Å²) in [7, 11) is 1.44. The van der Waals surface area contributed by atoms with E-state index in [9.17, 15) is 14.7 Å². The molecule has 1 atom stereocenters. The van der Waals surface area contributed by atoms with Crippen LogP contribution in [0.4, 0.5) is 0 Å². The van der Waals surface area contributed by atoms with E-state index in [0.29, 0.717) is 35.4 Å². The van der Waals surface area contributed by atoms with Crippen LogP contribution in [0.25, 0.3) is 0 Å². The van der Waals surface area contributed by atoms with Crippen molar-refractivity contribution in [2.45, 2.75) is 64.6 Å². The first kappa shape index (κ1) is 28.0. The third kappa shape index (κ3) is 5.16. The molecule has 0 radical (unpaired) electrons. The SMILES string of the molecule is COc1c([C@@H](O)CC(C)C)ccc2c1C(=O)OCc1cc(C)cc(OC(=O)C3(c4ccc(Cl)cc4)CCC3)c1O2. The molecular formula is C32H33ClO7. The molecule has 5 rings (SSSR count). The molecule has 2 aliphatic rings. The molecule has 1 saturated carbocycles. The van der Waals surface area contributed by atoms with Crippen LogP contribution in [-0.4, -0.2) is 24.2 Å². The van der Waals surface area contributed by atoms with Gasteiger partial charge in [0.15, 0.2) is 11.5 Å². The Morgan fingerprint density at radius 2 is 1.85 bits per heavy atom. The van der Waals surface area contributed by atoms with Gasteiger partial charge in [0.25, 0.3) is 0 Å². The summed E-state index contributed by atoms with van der Waals surface area (Å²) < 4.78 is 23.7. The number of methoxy groups -OCH3 is 1. The molecular weight excluding hydrogens is 532 g/mol. The minimum atomic E-state index is -0.837. The number of rotatable bonds is 7. The lowest BCUT2D eigenvalue weighted by Crippen LogP contribution is -2.45. The predicted octanol–water partition coefficient (Wildman–Crippen LogP) is 7.23. The second-order valence-electron chi connectivity index (χ2n) is 11.0. The Labute approximate surface area is 239 Å². The number of aliphatic hydroxyl groups excluding tert-OH is 1. The van der Waals surface area contributed by atoms with Gasteiger partial charge in [-0.05, 0) is 79.6 Å². The van der Waals surface area contributed by atoms with E-state index in [4.69, 9.17) is 30.5 Å². The van der Waals surface area contributed by atoms with Crippen LogP contribution in [-0.2, 0) is 21.6 Å². The number of fused-ring (bicyclic) bond motifs is 2. The lowest BCUT2D eigenvalue weighted by Gasteiger charge is -2.39. The first-order valence-corrected chi connectivity index (χ1v) is 13.9. The van der Waals surface area contributed by atoms with E-state index in [1.54, 1.807) is 30.3 Å². The molecule has 7 nitrogen and oxygen atoms in total. The number of ether oxygens (including phenoxy) is 4. The summed E-state index contributed by atoms with van der Waals surface area (Å²) in [5, 5.41) is 11.4. The summed E-state index contributed by atoms with van der Waals surface area (Å²) in [4.78, 5) is 26.9. The molecule has 3 aromatic carbocycles. The van der Waals surface area contributed by atoms with E-state index in [-0.39, 0.29) is 47.1 Å². The Morgan fingerprint density at radius 1 is 1.12 bits per heavy atom. The van der Waals surface area contributed by atoms with Crippen molar-refractivity contribution in [2.75, 3.05) is 7.11 Å². The predicted molar refractivity (Wildman–Crippen MR) is 150 cm³/mol. The molecule has 0 saturated heterocycles. The molecule has 40 heavy (non-hydrogen) atoms. The van der Waals surface area contributed by atoms with Gasteiger partial charge < -0.3 is 24.1 Å². The molecule has 3 aromatic rings. The van der Waals surface area contributed by atoms with Gasteiger partial charge in [-0.3, -0.25) is 4.79 Å². The van der Waals surface area contributed by atoms with Gasteiger partial charge in [-0.25, -0.2) is 4.79 Å². The van der Waals surface area contributed by atoms with E-state index in [0.717, 1.165) is 17.5 Å². The number of aryl methyl sites for hydroxylation is 1. The number of esters is 2. The van der Waals surface area contributed by atoms with Crippen molar-refractivity contribution in [1.82, 2.24) is 0 Å². The summed E-state index contributed by atoms with van der Waals surface area (Å²) in [6.45, 7) is 5.78. The standard InChI is InChI=1S/C32H33ClO7/c1-18(2)14-24(34)23-10-11-25-27(29(23)37-4)30(35)38-17-20-15-19(3)16-26(28(20)39-25)40-31(36)32(12-5-13-32)21-6-8-22(33)9-7-21/h6-11,15-16,18,24,34H,5,12-14,17H2,1-4H3/t24-/m0/s1. The molecule has 0 unspecified atom stereocenters. The second kappa shape index (κ2) is 11.1. The highest BCUT2D eigenvalue weighted by Gasteiger charge is 2.47. The van der Waals surface area contributed by atoms with Gasteiger partial charge in [-0.2, -0.15) is 0 Å². The van der Waals surface area contributed by atoms with E-state index in [2.05, 4.69) is 0 Å². The summed E-state index contributed by atoms with van der Waals surface area (Å²) in [5.41, 5.74) is 2.03. The van der Waals surface area contributed by atoms with Crippen LogP contribution in [0.1, 0.15) is 78.2 Å². The third-order valence-electron chi connectivity index (χ3n) is 7.66. The zero-order valence-corrected chi connectivity index (χ0v) is 23.8. The first-order valence-electron chi connectivity index (χ1n) is 13.5. The molecule has 1 aliphatic heterocycles. The zero-order valence-electron chi connectivity index (χ0n) is 23.1. The van der Waals surface area contributed by atoms with Crippen LogP contribution in [0.2, 0.25) is 5.02 Å². The number of carbonyl (C=O) groups is 2. The van der Waals surface area contributed by atoms with Crippen molar-refractivity contribution in [3.63, 3.8) is 0 Å². The van der Waals surface area contributed by atoms with Crippen LogP contribution in [0, 0.1) is 12.8 Å². The number of cyclic esters (lactones) is 1. The molecule has 0 aromatic heterocycles. The highest BCUT2D eigenvalue weighted by Crippen LogP contribution is 2.48. The average molecular weight is 565 g/mol. The molecule has 0 amide bonds. The van der Waals surface area contributed by atoms with E-state index >= 15 is 0 Å². The first-order chi connectivity index (χ1) is 19.1. The zero-order chi connectivity index (χ0) is 28.6. The minimum Gasteiger partial charge on any atom is -0.495 e. The van der Waals surface area contributed by atoms with Crippen molar-refractivity contribution in [1.29, 1.82) is 0 Å². The van der Waals surface area contributed by atoms with Crippen LogP contribution in [0.3, 0.4) is 0 Å². The highest BCUT2D eigenvalue weighted by atomic mass is 35.5. The van der Waals surface area contributed by atoms with Gasteiger partial charge in [-0.1, -0.05) is 44.0 Å². The number of aliphatic hydroxyl groups is 1. The minimum absolute atomic E-state index is 0.0722. The van der Waals surface area contributed by atoms with Crippen LogP contribution in [0.5, 0.6) is 23.0 Å². The van der Waals surface area contributed by atoms with Crippen molar-refractivity contribution >= 4 is 23.5 Å². The van der Waals surface area contributed by atoms with Crippen LogP contribution in [0.15, 0.2) is 48.5 Å². The number of hydrogen-bond donors (Lipinski definition) is 1. The van der Waals surface area contributed by atoms with E-state index < -0.39 is 17.5 Å². The third-order valence-corrected chi connectivity index (χ3v) is 7.91. The lowest BCUT2D eigenvalue weighted by molar-refractivity contribution is -0.144. The van der Waals surface area contributed by atoms with Crippen LogP contribution < -0.4 is 14.2 Å². The van der Waals surface area contributed by atoms with Gasteiger partial charge in [-0.15, -0.1) is 0 Å². The van der Waals surface area contributed by atoms with Crippen molar-refractivity contribution < 1.29 is 33.6 Å². The Balaban J connectivity index is 1.54. The normalized spacial score (nSPS) is 16.3. The highest BCUT2D eigenvalue weighted by molar-refractivity contribution is 6.30. The van der Waals surface area contributed by atoms with E-state index in [1.165, 1.54) is 7.11 Å². The molecule has 1 N–H and O–H groups in total. The molecule has 0 bridgehead atoms. The van der Waals surface area contributed by atoms with E-state index in [1.807, 2.05) is 39.0 Å². The quantitative estimate of drug-likeness (QED) is 0.239. The molecule has 1 fully saturated rings. The van der Waals surface area contributed by atoms with Gasteiger partial charge in [0.2, 0.25) is 0 Å². The molecule has 8 heteroatoms. The summed E-state index contributed by atoms with van der Waals surface area (Å²) >= 11 is 6.09. The maximum atomic E-state index is 13.7. The fourth-order valence-corrected chi connectivity index (χ4v) is 5.59.